The van der Waals surface area contributed by atoms with Gasteiger partial charge in [0.15, 0.2) is 5.13 Å². The van der Waals surface area contributed by atoms with E-state index < -0.39 is 0 Å². The summed E-state index contributed by atoms with van der Waals surface area (Å²) in [5.41, 5.74) is 4.87. The van der Waals surface area contributed by atoms with Crippen LogP contribution in [0.2, 0.25) is 0 Å². The number of hydrogen-bond donors (Lipinski definition) is 0. The molecule has 4 heteroatoms. The summed E-state index contributed by atoms with van der Waals surface area (Å²) < 4.78 is 0. The summed E-state index contributed by atoms with van der Waals surface area (Å²) >= 11 is 1.83. The highest BCUT2D eigenvalue weighted by Crippen LogP contribution is 2.50. The molecule has 0 atom stereocenters. The van der Waals surface area contributed by atoms with Crippen molar-refractivity contribution in [2.75, 3.05) is 4.90 Å². The van der Waals surface area contributed by atoms with Gasteiger partial charge in [0, 0.05) is 21.9 Å². The topological polar surface area (TPSA) is 29.0 Å². The molecule has 1 aliphatic carbocycles. The number of allylic oxidation sites excluding steroid dienone is 1. The van der Waals surface area contributed by atoms with Crippen molar-refractivity contribution >= 4 is 27.9 Å². The Hall–Kier alpha value is -2.46. The SMILES string of the molecule is C=C(C)c1ccc(N(Cc2ccccc2)c2nc3c(s2)C(C)(C)CCC3(C)C)nc1. The Bertz CT molecular complexity index is 1010. The maximum atomic E-state index is 5.22. The minimum absolute atomic E-state index is 0.106. The molecule has 30 heavy (non-hydrogen) atoms. The van der Waals surface area contributed by atoms with Gasteiger partial charge in [-0.25, -0.2) is 9.97 Å². The minimum atomic E-state index is 0.106. The molecule has 1 aliphatic rings. The molecule has 3 nitrogen and oxygen atoms in total. The van der Waals surface area contributed by atoms with Crippen LogP contribution in [0.4, 0.5) is 10.9 Å². The van der Waals surface area contributed by atoms with E-state index >= 15 is 0 Å². The van der Waals surface area contributed by atoms with Crippen LogP contribution in [0.5, 0.6) is 0 Å². The van der Waals surface area contributed by atoms with Gasteiger partial charge >= 0.3 is 0 Å². The zero-order valence-corrected chi connectivity index (χ0v) is 19.5. The molecule has 0 aliphatic heterocycles. The van der Waals surface area contributed by atoms with E-state index in [9.17, 15) is 0 Å². The molecule has 0 saturated carbocycles. The largest absolute Gasteiger partial charge is 0.298 e. The van der Waals surface area contributed by atoms with Crippen LogP contribution < -0.4 is 4.90 Å². The second-order valence-electron chi connectivity index (χ2n) is 9.70. The lowest BCUT2D eigenvalue weighted by Gasteiger charge is -2.37. The molecule has 4 rings (SSSR count). The van der Waals surface area contributed by atoms with Gasteiger partial charge in [-0.1, -0.05) is 64.6 Å². The fourth-order valence-corrected chi connectivity index (χ4v) is 5.39. The second kappa shape index (κ2) is 7.66. The van der Waals surface area contributed by atoms with E-state index in [0.29, 0.717) is 0 Å². The number of anilines is 2. The van der Waals surface area contributed by atoms with E-state index in [2.05, 4.69) is 81.6 Å². The average molecular weight is 418 g/mol. The van der Waals surface area contributed by atoms with Gasteiger partial charge in [-0.3, -0.25) is 4.90 Å². The Balaban J connectivity index is 1.80. The molecule has 1 aromatic carbocycles. The molecule has 3 aromatic rings. The standard InChI is InChI=1S/C26H31N3S/c1-18(2)20-12-13-21(27-16-20)29(17-19-10-8-7-9-11-19)24-28-22-23(30-24)26(5,6)15-14-25(22,3)4/h7-13,16H,1,14-15,17H2,2-6H3. The van der Waals surface area contributed by atoms with Crippen molar-refractivity contribution in [2.24, 2.45) is 0 Å². The second-order valence-corrected chi connectivity index (χ2v) is 10.7. The lowest BCUT2D eigenvalue weighted by atomic mass is 9.69. The van der Waals surface area contributed by atoms with Crippen molar-refractivity contribution in [2.45, 2.75) is 64.8 Å². The third-order valence-electron chi connectivity index (χ3n) is 6.18. The molecule has 156 valence electrons. The van der Waals surface area contributed by atoms with Gasteiger partial charge < -0.3 is 0 Å². The molecule has 0 spiro atoms. The monoisotopic (exact) mass is 417 g/mol. The zero-order valence-electron chi connectivity index (χ0n) is 18.7. The summed E-state index contributed by atoms with van der Waals surface area (Å²) in [6.45, 7) is 16.1. The van der Waals surface area contributed by atoms with E-state index in [1.165, 1.54) is 29.0 Å². The Labute approximate surface area is 184 Å². The number of aromatic nitrogens is 2. The first-order valence-electron chi connectivity index (χ1n) is 10.6. The van der Waals surface area contributed by atoms with Crippen LogP contribution in [0.15, 0.2) is 55.2 Å². The Kier molecular flexibility index (Phi) is 5.31. The smallest absolute Gasteiger partial charge is 0.191 e. The number of pyridine rings is 1. The van der Waals surface area contributed by atoms with Gasteiger partial charge in [0.1, 0.15) is 5.82 Å². The van der Waals surface area contributed by atoms with Crippen molar-refractivity contribution in [3.8, 4) is 0 Å². The Morgan fingerprint density at radius 2 is 1.73 bits per heavy atom. The summed E-state index contributed by atoms with van der Waals surface area (Å²) in [6.07, 6.45) is 4.27. The molecule has 0 N–H and O–H groups in total. The van der Waals surface area contributed by atoms with Crippen LogP contribution in [0.3, 0.4) is 0 Å². The van der Waals surface area contributed by atoms with Crippen molar-refractivity contribution in [3.63, 3.8) is 0 Å². The lowest BCUT2D eigenvalue weighted by molar-refractivity contribution is 0.331. The van der Waals surface area contributed by atoms with Crippen LogP contribution >= 0.6 is 11.3 Å². The predicted molar refractivity (Wildman–Crippen MR) is 129 cm³/mol. The van der Waals surface area contributed by atoms with Gasteiger partial charge in [0.25, 0.3) is 0 Å². The maximum absolute atomic E-state index is 5.22. The van der Waals surface area contributed by atoms with E-state index in [4.69, 9.17) is 9.97 Å². The summed E-state index contributed by atoms with van der Waals surface area (Å²) in [5.74, 6) is 0.922. The number of thiazole rings is 1. The van der Waals surface area contributed by atoms with Crippen molar-refractivity contribution in [1.82, 2.24) is 9.97 Å². The molecule has 0 unspecified atom stereocenters. The van der Waals surface area contributed by atoms with Gasteiger partial charge in [0.2, 0.25) is 0 Å². The first-order valence-corrected chi connectivity index (χ1v) is 11.4. The normalized spacial score (nSPS) is 16.7. The first-order chi connectivity index (χ1) is 14.2. The number of fused-ring (bicyclic) bond motifs is 1. The number of benzene rings is 1. The van der Waals surface area contributed by atoms with Crippen molar-refractivity contribution < 1.29 is 0 Å². The summed E-state index contributed by atoms with van der Waals surface area (Å²) in [5, 5.41) is 1.03. The van der Waals surface area contributed by atoms with E-state index in [1.807, 2.05) is 24.5 Å². The number of hydrogen-bond acceptors (Lipinski definition) is 4. The zero-order chi connectivity index (χ0) is 21.5. The van der Waals surface area contributed by atoms with Gasteiger partial charge in [-0.15, -0.1) is 11.3 Å². The maximum Gasteiger partial charge on any atom is 0.191 e. The Morgan fingerprint density at radius 3 is 2.33 bits per heavy atom. The molecule has 0 saturated heterocycles. The molecule has 2 heterocycles. The summed E-state index contributed by atoms with van der Waals surface area (Å²) in [6, 6.07) is 14.7. The first kappa shape index (κ1) is 20.8. The fourth-order valence-electron chi connectivity index (χ4n) is 4.01. The van der Waals surface area contributed by atoms with Crippen LogP contribution in [0.25, 0.3) is 5.57 Å². The van der Waals surface area contributed by atoms with E-state index in [0.717, 1.165) is 28.6 Å². The van der Waals surface area contributed by atoms with Gasteiger partial charge in [-0.05, 0) is 48.6 Å². The Morgan fingerprint density at radius 1 is 1.03 bits per heavy atom. The van der Waals surface area contributed by atoms with E-state index in [-0.39, 0.29) is 10.8 Å². The van der Waals surface area contributed by atoms with Gasteiger partial charge in [0.05, 0.1) is 12.2 Å². The highest BCUT2D eigenvalue weighted by Gasteiger charge is 2.41. The van der Waals surface area contributed by atoms with Gasteiger partial charge in [-0.2, -0.15) is 0 Å². The molecule has 0 amide bonds. The molecule has 0 radical (unpaired) electrons. The average Bonchev–Trinajstić information content (AvgIpc) is 3.19. The van der Waals surface area contributed by atoms with Crippen LogP contribution in [-0.2, 0) is 17.4 Å². The fraction of sp³-hybridized carbons (Fsp3) is 0.385. The van der Waals surface area contributed by atoms with Crippen LogP contribution in [0.1, 0.15) is 69.2 Å². The van der Waals surface area contributed by atoms with E-state index in [1.54, 1.807) is 0 Å². The van der Waals surface area contributed by atoms with Crippen LogP contribution in [-0.4, -0.2) is 9.97 Å². The molecular weight excluding hydrogens is 386 g/mol. The third kappa shape index (κ3) is 3.93. The van der Waals surface area contributed by atoms with Crippen molar-refractivity contribution in [1.29, 1.82) is 0 Å². The minimum Gasteiger partial charge on any atom is -0.298 e. The highest BCUT2D eigenvalue weighted by atomic mass is 32.1. The van der Waals surface area contributed by atoms with Crippen molar-refractivity contribution in [3.05, 3.63) is 76.9 Å². The molecule has 2 aromatic heterocycles. The molecular formula is C26H31N3S. The lowest BCUT2D eigenvalue weighted by Crippen LogP contribution is -2.32. The number of nitrogens with zero attached hydrogens (tertiary/aromatic N) is 3. The number of rotatable bonds is 5. The predicted octanol–water partition coefficient (Wildman–Crippen LogP) is 7.26. The molecule has 0 fully saturated rings. The summed E-state index contributed by atoms with van der Waals surface area (Å²) in [7, 11) is 0. The highest BCUT2D eigenvalue weighted by molar-refractivity contribution is 7.16. The summed E-state index contributed by atoms with van der Waals surface area (Å²) in [4.78, 5) is 13.7. The molecule has 0 bridgehead atoms. The quantitative estimate of drug-likeness (QED) is 0.437. The van der Waals surface area contributed by atoms with Crippen LogP contribution in [0, 0.1) is 0 Å². The third-order valence-corrected chi connectivity index (χ3v) is 7.62.